The van der Waals surface area contributed by atoms with Gasteiger partial charge in [0.1, 0.15) is 0 Å². The molecule has 0 fully saturated rings. The zero-order valence-corrected chi connectivity index (χ0v) is 23.5. The molecule has 6 rings (SSSR count). The van der Waals surface area contributed by atoms with Crippen LogP contribution < -0.4 is 15.4 Å². The molecule has 0 spiro atoms. The van der Waals surface area contributed by atoms with Crippen molar-refractivity contribution in [3.8, 4) is 16.3 Å². The van der Waals surface area contributed by atoms with E-state index in [1.165, 1.54) is 11.3 Å². The predicted octanol–water partition coefficient (Wildman–Crippen LogP) is 5.68. The molecule has 0 saturated carbocycles. The number of ether oxygens (including phenoxy) is 1. The monoisotopic (exact) mass is 577 g/mol. The van der Waals surface area contributed by atoms with Gasteiger partial charge >= 0.3 is 0 Å². The molecule has 1 amide bonds. The van der Waals surface area contributed by atoms with Gasteiger partial charge in [-0.05, 0) is 48.4 Å². The van der Waals surface area contributed by atoms with Crippen molar-refractivity contribution in [3.05, 3.63) is 107 Å². The molecule has 0 unspecified atom stereocenters. The minimum atomic E-state index is -0.247. The third kappa shape index (κ3) is 5.91. The molecular formula is C31H27N7O3S. The number of benzene rings is 2. The Morgan fingerprint density at radius 3 is 2.74 bits per heavy atom. The van der Waals surface area contributed by atoms with E-state index in [1.807, 2.05) is 59.2 Å². The van der Waals surface area contributed by atoms with E-state index in [-0.39, 0.29) is 18.2 Å². The van der Waals surface area contributed by atoms with Crippen LogP contribution in [0, 0.1) is 0 Å². The second-order valence-corrected chi connectivity index (χ2v) is 10.6. The number of carbonyl (C=O) groups is 2. The molecule has 4 heterocycles. The molecule has 11 heteroatoms. The number of Topliss-reactive ketones (excluding diaryl/α,β-unsaturated/α-hetero) is 1. The van der Waals surface area contributed by atoms with Gasteiger partial charge in [0, 0.05) is 46.7 Å². The summed E-state index contributed by atoms with van der Waals surface area (Å²) in [6.07, 6.45) is 5.90. The number of pyridine rings is 1. The Labute approximate surface area is 245 Å². The number of hydrogen-bond acceptors (Lipinski definition) is 8. The lowest BCUT2D eigenvalue weighted by atomic mass is 10.1. The van der Waals surface area contributed by atoms with Gasteiger partial charge in [-0.15, -0.1) is 11.3 Å². The highest BCUT2D eigenvalue weighted by molar-refractivity contribution is 7.17. The maximum atomic E-state index is 13.3. The number of aromatic nitrogens is 5. The van der Waals surface area contributed by atoms with Gasteiger partial charge in [0.25, 0.3) is 5.91 Å². The zero-order chi connectivity index (χ0) is 28.9. The van der Waals surface area contributed by atoms with E-state index in [1.54, 1.807) is 43.9 Å². The van der Waals surface area contributed by atoms with E-state index in [2.05, 4.69) is 25.8 Å². The standard InChI is InChI=1S/C31H27N7O3S/c1-41-29-15-20(11-13-32-29)12-14-38-25-8-7-23(33-19-26(39)21-5-3-2-4-6-21)16-24(25)36-31(38)37-30(40)28-10-9-27(42-28)22-17-34-35-18-22/h2-11,13,15-18,33H,12,14,19H2,1H3,(H,34,35)(H,36,37,40). The number of ketones is 1. The molecule has 0 aliphatic heterocycles. The predicted molar refractivity (Wildman–Crippen MR) is 163 cm³/mol. The Balaban J connectivity index is 1.26. The number of H-pyrrole nitrogens is 1. The molecule has 4 aromatic heterocycles. The first-order chi connectivity index (χ1) is 20.6. The number of methoxy groups -OCH3 is 1. The molecule has 2 aromatic carbocycles. The van der Waals surface area contributed by atoms with Gasteiger partial charge in [-0.3, -0.25) is 20.0 Å². The molecule has 210 valence electrons. The molecule has 3 N–H and O–H groups in total. The first kappa shape index (κ1) is 26.9. The van der Waals surface area contributed by atoms with Gasteiger partial charge in [0.05, 0.1) is 35.8 Å². The molecule has 0 aliphatic carbocycles. The molecule has 0 bridgehead atoms. The fourth-order valence-electron chi connectivity index (χ4n) is 4.59. The van der Waals surface area contributed by atoms with Crippen molar-refractivity contribution >= 4 is 45.7 Å². The smallest absolute Gasteiger partial charge is 0.268 e. The lowest BCUT2D eigenvalue weighted by molar-refractivity contribution is 0.100. The fraction of sp³-hybridized carbons (Fsp3) is 0.129. The second-order valence-electron chi connectivity index (χ2n) is 9.49. The molecule has 0 aliphatic rings. The number of imidazole rings is 1. The van der Waals surface area contributed by atoms with Gasteiger partial charge in [-0.2, -0.15) is 5.10 Å². The zero-order valence-electron chi connectivity index (χ0n) is 22.7. The summed E-state index contributed by atoms with van der Waals surface area (Å²) in [6, 6.07) is 22.5. The Bertz CT molecular complexity index is 1850. The van der Waals surface area contributed by atoms with E-state index in [4.69, 9.17) is 9.72 Å². The number of thiophene rings is 1. The number of nitrogens with zero attached hydrogens (tertiary/aromatic N) is 4. The first-order valence-electron chi connectivity index (χ1n) is 13.3. The van der Waals surface area contributed by atoms with Crippen LogP contribution in [-0.2, 0) is 13.0 Å². The fourth-order valence-corrected chi connectivity index (χ4v) is 5.47. The van der Waals surface area contributed by atoms with Crippen molar-refractivity contribution in [1.29, 1.82) is 0 Å². The van der Waals surface area contributed by atoms with E-state index < -0.39 is 0 Å². The Kier molecular flexibility index (Phi) is 7.73. The average molecular weight is 578 g/mol. The number of aryl methyl sites for hydroxylation is 2. The molecule has 10 nitrogen and oxygen atoms in total. The van der Waals surface area contributed by atoms with Crippen LogP contribution in [0.3, 0.4) is 0 Å². The largest absolute Gasteiger partial charge is 0.481 e. The SMILES string of the molecule is COc1cc(CCn2c(NC(=O)c3ccc(-c4cn[nH]c4)s3)nc3cc(NCC(=O)c4ccccc4)ccc32)ccn1. The quantitative estimate of drug-likeness (QED) is 0.169. The number of anilines is 2. The van der Waals surface area contributed by atoms with Gasteiger partial charge in [0.2, 0.25) is 11.8 Å². The number of nitrogens with one attached hydrogen (secondary N) is 3. The minimum Gasteiger partial charge on any atom is -0.481 e. The van der Waals surface area contributed by atoms with Crippen LogP contribution in [0.4, 0.5) is 11.6 Å². The van der Waals surface area contributed by atoms with Crippen LogP contribution >= 0.6 is 11.3 Å². The lowest BCUT2D eigenvalue weighted by Crippen LogP contribution is -2.15. The Morgan fingerprint density at radius 1 is 1.05 bits per heavy atom. The number of carbonyl (C=O) groups excluding carboxylic acids is 2. The maximum absolute atomic E-state index is 13.3. The minimum absolute atomic E-state index is 0.00676. The van der Waals surface area contributed by atoms with Crippen molar-refractivity contribution < 1.29 is 14.3 Å². The van der Waals surface area contributed by atoms with Crippen molar-refractivity contribution in [1.82, 2.24) is 24.7 Å². The highest BCUT2D eigenvalue weighted by atomic mass is 32.1. The summed E-state index contributed by atoms with van der Waals surface area (Å²) in [5.41, 5.74) is 4.93. The van der Waals surface area contributed by atoms with Gasteiger partial charge < -0.3 is 14.6 Å². The molecule has 6 aromatic rings. The van der Waals surface area contributed by atoms with Crippen molar-refractivity contribution in [3.63, 3.8) is 0 Å². The third-order valence-electron chi connectivity index (χ3n) is 6.77. The van der Waals surface area contributed by atoms with Crippen LogP contribution in [0.5, 0.6) is 5.88 Å². The van der Waals surface area contributed by atoms with Crippen LogP contribution in [0.2, 0.25) is 0 Å². The van der Waals surface area contributed by atoms with Crippen LogP contribution in [0.15, 0.2) is 91.4 Å². The van der Waals surface area contributed by atoms with Crippen LogP contribution in [-0.4, -0.2) is 50.1 Å². The molecule has 0 atom stereocenters. The van der Waals surface area contributed by atoms with Gasteiger partial charge in [-0.25, -0.2) is 9.97 Å². The summed E-state index contributed by atoms with van der Waals surface area (Å²) in [5, 5.41) is 13.0. The summed E-state index contributed by atoms with van der Waals surface area (Å²) in [5.74, 6) is 0.728. The summed E-state index contributed by atoms with van der Waals surface area (Å²) in [6.45, 7) is 0.713. The number of hydrogen-bond donors (Lipinski definition) is 3. The normalized spacial score (nSPS) is 11.0. The average Bonchev–Trinajstić information content (AvgIpc) is 3.79. The number of aromatic amines is 1. The third-order valence-corrected chi connectivity index (χ3v) is 7.90. The highest BCUT2D eigenvalue weighted by Crippen LogP contribution is 2.29. The van der Waals surface area contributed by atoms with Crippen LogP contribution in [0.1, 0.15) is 25.6 Å². The van der Waals surface area contributed by atoms with Gasteiger partial charge in [0.15, 0.2) is 5.78 Å². The molecule has 42 heavy (non-hydrogen) atoms. The van der Waals surface area contributed by atoms with Crippen molar-refractivity contribution in [2.75, 3.05) is 24.3 Å². The van der Waals surface area contributed by atoms with E-state index in [0.717, 1.165) is 27.2 Å². The summed E-state index contributed by atoms with van der Waals surface area (Å²) in [4.78, 5) is 36.4. The number of fused-ring (bicyclic) bond motifs is 1. The van der Waals surface area contributed by atoms with E-state index in [0.29, 0.717) is 40.8 Å². The molecule has 0 saturated heterocycles. The van der Waals surface area contributed by atoms with E-state index in [9.17, 15) is 9.59 Å². The van der Waals surface area contributed by atoms with Gasteiger partial charge in [-0.1, -0.05) is 30.3 Å². The second kappa shape index (κ2) is 12.1. The first-order valence-corrected chi connectivity index (χ1v) is 14.1. The Hall–Kier alpha value is -5.29. The topological polar surface area (TPSA) is 127 Å². The summed E-state index contributed by atoms with van der Waals surface area (Å²) < 4.78 is 7.26. The maximum Gasteiger partial charge on any atom is 0.268 e. The van der Waals surface area contributed by atoms with Crippen LogP contribution in [0.25, 0.3) is 21.5 Å². The number of rotatable bonds is 11. The molecule has 0 radical (unpaired) electrons. The summed E-state index contributed by atoms with van der Waals surface area (Å²) in [7, 11) is 1.59. The Morgan fingerprint density at radius 2 is 1.93 bits per heavy atom. The summed E-state index contributed by atoms with van der Waals surface area (Å²) >= 11 is 1.38. The lowest BCUT2D eigenvalue weighted by Gasteiger charge is -2.11. The molecular weight excluding hydrogens is 550 g/mol. The van der Waals surface area contributed by atoms with Crippen molar-refractivity contribution in [2.24, 2.45) is 0 Å². The van der Waals surface area contributed by atoms with E-state index >= 15 is 0 Å². The van der Waals surface area contributed by atoms with Crippen molar-refractivity contribution in [2.45, 2.75) is 13.0 Å². The number of amides is 1. The highest BCUT2D eigenvalue weighted by Gasteiger charge is 2.17.